The van der Waals surface area contributed by atoms with Crippen molar-refractivity contribution in [1.29, 1.82) is 0 Å². The Kier molecular flexibility index (Phi) is 5.06. The molecule has 6 heteroatoms. The Morgan fingerprint density at radius 2 is 1.96 bits per heavy atom. The first kappa shape index (κ1) is 18.9. The molecule has 0 N–H and O–H groups in total. The topological polar surface area (TPSA) is 39.7 Å². The van der Waals surface area contributed by atoms with E-state index in [1.54, 1.807) is 31.1 Å². The minimum absolute atomic E-state index is 0.00411. The predicted molar refractivity (Wildman–Crippen MR) is 106 cm³/mol. The third-order valence-corrected chi connectivity index (χ3v) is 5.89. The largest absolute Gasteiger partial charge is 0.331 e. The van der Waals surface area contributed by atoms with Gasteiger partial charge in [-0.25, -0.2) is 9.18 Å². The highest BCUT2D eigenvalue weighted by Gasteiger charge is 2.49. The van der Waals surface area contributed by atoms with Gasteiger partial charge in [-0.2, -0.15) is 0 Å². The van der Waals surface area contributed by atoms with Crippen LogP contribution >= 0.6 is 0 Å². The minimum atomic E-state index is -0.253. The maximum Gasteiger partial charge on any atom is 0.320 e. The summed E-state index contributed by atoms with van der Waals surface area (Å²) in [5, 5.41) is 0. The number of hydrogen-bond donors (Lipinski definition) is 0. The van der Waals surface area contributed by atoms with Gasteiger partial charge in [-0.1, -0.05) is 18.2 Å². The fourth-order valence-corrected chi connectivity index (χ4v) is 4.75. The molecule has 2 aliphatic heterocycles. The van der Waals surface area contributed by atoms with E-state index in [4.69, 9.17) is 0 Å². The molecule has 1 aromatic carbocycles. The molecule has 148 valence electrons. The number of halogens is 1. The molecule has 2 aromatic rings. The standard InChI is InChI=1S/C22H27FN4O/c1-15-6-4-9-19(24-15)13-26-11-17-12-27(22(28)25(2)3)21(20(17)14-26)16-7-5-8-18(23)10-16/h4-10,17,20-21H,11-14H2,1-3H3/t17-,20-,21-/m1/s1. The van der Waals surface area contributed by atoms with Crippen LogP contribution in [0.5, 0.6) is 0 Å². The van der Waals surface area contributed by atoms with Crippen LogP contribution in [-0.4, -0.2) is 59.4 Å². The number of likely N-dealkylation sites (tertiary alicyclic amines) is 2. The summed E-state index contributed by atoms with van der Waals surface area (Å²) >= 11 is 0. The number of benzene rings is 1. The fraction of sp³-hybridized carbons (Fsp3) is 0.455. The van der Waals surface area contributed by atoms with E-state index in [1.807, 2.05) is 30.0 Å². The molecule has 2 aliphatic rings. The molecule has 0 saturated carbocycles. The number of pyridine rings is 1. The molecule has 0 bridgehead atoms. The Labute approximate surface area is 165 Å². The van der Waals surface area contributed by atoms with Crippen molar-refractivity contribution in [1.82, 2.24) is 19.7 Å². The minimum Gasteiger partial charge on any atom is -0.331 e. The van der Waals surface area contributed by atoms with Gasteiger partial charge in [0.1, 0.15) is 5.82 Å². The number of aryl methyl sites for hydroxylation is 1. The molecular weight excluding hydrogens is 355 g/mol. The summed E-state index contributed by atoms with van der Waals surface area (Å²) in [4.78, 5) is 23.4. The van der Waals surface area contributed by atoms with Crippen molar-refractivity contribution in [2.24, 2.45) is 11.8 Å². The Bertz CT molecular complexity index is 871. The normalized spacial score (nSPS) is 24.4. The van der Waals surface area contributed by atoms with Crippen LogP contribution in [0.3, 0.4) is 0 Å². The number of hydrogen-bond acceptors (Lipinski definition) is 3. The summed E-state index contributed by atoms with van der Waals surface area (Å²) in [5.74, 6) is 0.439. The molecule has 1 aromatic heterocycles. The monoisotopic (exact) mass is 382 g/mol. The molecule has 2 fully saturated rings. The van der Waals surface area contributed by atoms with Crippen molar-refractivity contribution >= 4 is 6.03 Å². The van der Waals surface area contributed by atoms with Crippen LogP contribution < -0.4 is 0 Å². The molecule has 2 saturated heterocycles. The molecule has 3 heterocycles. The molecule has 0 aliphatic carbocycles. The molecule has 0 unspecified atom stereocenters. The van der Waals surface area contributed by atoms with Crippen LogP contribution in [0.1, 0.15) is 23.0 Å². The van der Waals surface area contributed by atoms with E-state index in [1.165, 1.54) is 6.07 Å². The van der Waals surface area contributed by atoms with Crippen LogP contribution in [0.25, 0.3) is 0 Å². The molecule has 3 atom stereocenters. The Hall–Kier alpha value is -2.47. The van der Waals surface area contributed by atoms with Gasteiger partial charge in [0.25, 0.3) is 0 Å². The average molecular weight is 382 g/mol. The van der Waals surface area contributed by atoms with Gasteiger partial charge in [-0.15, -0.1) is 0 Å². The highest BCUT2D eigenvalue weighted by Crippen LogP contribution is 2.45. The van der Waals surface area contributed by atoms with Gasteiger partial charge in [0.2, 0.25) is 0 Å². The van der Waals surface area contributed by atoms with Crippen molar-refractivity contribution in [3.05, 3.63) is 65.2 Å². The maximum atomic E-state index is 13.9. The number of carbonyl (C=O) groups excluding carboxylic acids is 1. The second kappa shape index (κ2) is 7.51. The zero-order valence-electron chi connectivity index (χ0n) is 16.7. The lowest BCUT2D eigenvalue weighted by atomic mass is 9.89. The predicted octanol–water partition coefficient (Wildman–Crippen LogP) is 3.32. The first-order valence-electron chi connectivity index (χ1n) is 9.80. The summed E-state index contributed by atoms with van der Waals surface area (Å²) in [6.45, 7) is 5.35. The highest BCUT2D eigenvalue weighted by molar-refractivity contribution is 5.75. The number of fused-ring (bicyclic) bond motifs is 1. The lowest BCUT2D eigenvalue weighted by Crippen LogP contribution is -2.41. The van der Waals surface area contributed by atoms with Crippen LogP contribution in [0.15, 0.2) is 42.5 Å². The number of carbonyl (C=O) groups is 1. The van der Waals surface area contributed by atoms with Crippen LogP contribution in [-0.2, 0) is 6.54 Å². The summed E-state index contributed by atoms with van der Waals surface area (Å²) in [7, 11) is 3.55. The van der Waals surface area contributed by atoms with Crippen molar-refractivity contribution in [3.63, 3.8) is 0 Å². The summed E-state index contributed by atoms with van der Waals surface area (Å²) in [5.41, 5.74) is 2.99. The molecule has 28 heavy (non-hydrogen) atoms. The number of aromatic nitrogens is 1. The smallest absolute Gasteiger partial charge is 0.320 e. The van der Waals surface area contributed by atoms with Gasteiger partial charge in [0, 0.05) is 51.9 Å². The van der Waals surface area contributed by atoms with E-state index >= 15 is 0 Å². The van der Waals surface area contributed by atoms with E-state index < -0.39 is 0 Å². The average Bonchev–Trinajstić information content (AvgIpc) is 3.17. The van der Waals surface area contributed by atoms with Crippen molar-refractivity contribution in [2.45, 2.75) is 19.5 Å². The van der Waals surface area contributed by atoms with E-state index in [0.29, 0.717) is 18.4 Å². The first-order valence-corrected chi connectivity index (χ1v) is 9.80. The molecule has 0 radical (unpaired) electrons. The van der Waals surface area contributed by atoms with E-state index in [0.717, 1.165) is 36.6 Å². The summed E-state index contributed by atoms with van der Waals surface area (Å²) in [6, 6.07) is 12.7. The molecule has 2 amide bonds. The quantitative estimate of drug-likeness (QED) is 0.818. The Balaban J connectivity index is 1.57. The van der Waals surface area contributed by atoms with Gasteiger partial charge >= 0.3 is 6.03 Å². The number of amides is 2. The molecule has 5 nitrogen and oxygen atoms in total. The molecule has 0 spiro atoms. The molecule has 4 rings (SSSR count). The van der Waals surface area contributed by atoms with E-state index in [2.05, 4.69) is 16.0 Å². The highest BCUT2D eigenvalue weighted by atomic mass is 19.1. The van der Waals surface area contributed by atoms with Gasteiger partial charge in [0.15, 0.2) is 0 Å². The lowest BCUT2D eigenvalue weighted by Gasteiger charge is -2.31. The van der Waals surface area contributed by atoms with Crippen LogP contribution in [0.4, 0.5) is 9.18 Å². The van der Waals surface area contributed by atoms with Crippen LogP contribution in [0, 0.1) is 24.6 Å². The third-order valence-electron chi connectivity index (χ3n) is 5.89. The molecular formula is C22H27FN4O. The van der Waals surface area contributed by atoms with Gasteiger partial charge in [0.05, 0.1) is 11.7 Å². The van der Waals surface area contributed by atoms with Gasteiger partial charge in [-0.3, -0.25) is 9.88 Å². The summed E-state index contributed by atoms with van der Waals surface area (Å²) in [6.07, 6.45) is 0. The van der Waals surface area contributed by atoms with Crippen molar-refractivity contribution < 1.29 is 9.18 Å². The second-order valence-electron chi connectivity index (χ2n) is 8.22. The number of urea groups is 1. The second-order valence-corrected chi connectivity index (χ2v) is 8.22. The lowest BCUT2D eigenvalue weighted by molar-refractivity contribution is 0.151. The van der Waals surface area contributed by atoms with E-state index in [-0.39, 0.29) is 17.9 Å². The number of rotatable bonds is 3. The van der Waals surface area contributed by atoms with Crippen molar-refractivity contribution in [2.75, 3.05) is 33.7 Å². The third kappa shape index (κ3) is 3.61. The maximum absolute atomic E-state index is 13.9. The van der Waals surface area contributed by atoms with E-state index in [9.17, 15) is 9.18 Å². The zero-order chi connectivity index (χ0) is 19.8. The number of nitrogens with zero attached hydrogens (tertiary/aromatic N) is 4. The van der Waals surface area contributed by atoms with Crippen LogP contribution in [0.2, 0.25) is 0 Å². The first-order chi connectivity index (χ1) is 13.4. The summed E-state index contributed by atoms with van der Waals surface area (Å²) < 4.78 is 13.9. The van der Waals surface area contributed by atoms with Crippen molar-refractivity contribution in [3.8, 4) is 0 Å². The SMILES string of the molecule is Cc1cccc(CN2C[C@@H]3CN(C(=O)N(C)C)[C@H](c4cccc(F)c4)[C@@H]3C2)n1. The Morgan fingerprint density at radius 3 is 2.68 bits per heavy atom. The Morgan fingerprint density at radius 1 is 1.18 bits per heavy atom. The zero-order valence-corrected chi connectivity index (χ0v) is 16.7. The van der Waals surface area contributed by atoms with Gasteiger partial charge in [-0.05, 0) is 42.7 Å². The fourth-order valence-electron chi connectivity index (χ4n) is 4.75. The van der Waals surface area contributed by atoms with Gasteiger partial charge < -0.3 is 9.80 Å².